The van der Waals surface area contributed by atoms with Crippen LogP contribution in [0.1, 0.15) is 63.9 Å². The molecule has 1 amide bonds. The summed E-state index contributed by atoms with van der Waals surface area (Å²) < 4.78 is 0.889. The van der Waals surface area contributed by atoms with E-state index in [1.54, 1.807) is 26.1 Å². The predicted molar refractivity (Wildman–Crippen MR) is 125 cm³/mol. The number of carbonyl (C=O) groups is 2. The van der Waals surface area contributed by atoms with Crippen LogP contribution in [0.15, 0.2) is 56.8 Å². The van der Waals surface area contributed by atoms with Crippen molar-refractivity contribution in [3.05, 3.63) is 63.7 Å². The van der Waals surface area contributed by atoms with Gasteiger partial charge in [-0.2, -0.15) is 0 Å². The van der Waals surface area contributed by atoms with Crippen LogP contribution >= 0.6 is 23.1 Å². The number of nitrogens with zero attached hydrogens (tertiary/aromatic N) is 1. The minimum absolute atomic E-state index is 0.0347. The van der Waals surface area contributed by atoms with Gasteiger partial charge < -0.3 is 5.11 Å². The molecule has 0 unspecified atom stereocenters. The van der Waals surface area contributed by atoms with Gasteiger partial charge in [-0.15, -0.1) is 0 Å². The summed E-state index contributed by atoms with van der Waals surface area (Å²) >= 11 is 2.84. The van der Waals surface area contributed by atoms with Gasteiger partial charge in [-0.25, -0.2) is 9.78 Å². The molecule has 0 aliphatic carbocycles. The monoisotopic (exact) mass is 444 g/mol. The van der Waals surface area contributed by atoms with E-state index in [0.29, 0.717) is 22.7 Å². The Labute approximate surface area is 186 Å². The van der Waals surface area contributed by atoms with Crippen LogP contribution in [0.3, 0.4) is 0 Å². The van der Waals surface area contributed by atoms with Crippen LogP contribution in [0.25, 0.3) is 0 Å². The standard InChI is InChI=1S/C23H28N2O3S2/c1-7-17(12-18(14(2)3)21(27)28)29-19-13-24-22(30-19)25-20(26)15-8-10-16(11-9-15)23(4,5)6/h8-13H,7H2,1-6H3,(H,27,28)(H,24,25,26)/b17-12+. The number of rotatable bonds is 7. The van der Waals surface area contributed by atoms with E-state index in [-0.39, 0.29) is 11.3 Å². The van der Waals surface area contributed by atoms with E-state index < -0.39 is 5.97 Å². The van der Waals surface area contributed by atoms with Gasteiger partial charge in [0.15, 0.2) is 5.13 Å². The highest BCUT2D eigenvalue weighted by molar-refractivity contribution is 8.04. The quantitative estimate of drug-likeness (QED) is 0.289. The highest BCUT2D eigenvalue weighted by atomic mass is 32.2. The third-order valence-corrected chi connectivity index (χ3v) is 6.56. The second kappa shape index (κ2) is 10.1. The van der Waals surface area contributed by atoms with Gasteiger partial charge in [0.2, 0.25) is 0 Å². The molecule has 0 saturated heterocycles. The molecule has 0 bridgehead atoms. The normalized spacial score (nSPS) is 11.9. The summed E-state index contributed by atoms with van der Waals surface area (Å²) in [5, 5.41) is 12.7. The van der Waals surface area contributed by atoms with Crippen molar-refractivity contribution in [3.8, 4) is 0 Å². The molecule has 2 N–H and O–H groups in total. The molecule has 0 spiro atoms. The van der Waals surface area contributed by atoms with Crippen LogP contribution < -0.4 is 5.32 Å². The Hall–Kier alpha value is -2.38. The fourth-order valence-corrected chi connectivity index (χ4v) is 4.52. The van der Waals surface area contributed by atoms with Gasteiger partial charge in [-0.05, 0) is 54.4 Å². The molecule has 0 aliphatic heterocycles. The molecular weight excluding hydrogens is 416 g/mol. The molecule has 0 aliphatic rings. The SMILES string of the molecule is CC/C(=C\C(C(=O)O)=C(C)C)Sc1cnc(NC(=O)c2ccc(C(C)(C)C)cc2)s1. The number of amides is 1. The first-order valence-electron chi connectivity index (χ1n) is 9.68. The zero-order valence-corrected chi connectivity index (χ0v) is 19.8. The number of allylic oxidation sites excluding steroid dienone is 2. The summed E-state index contributed by atoms with van der Waals surface area (Å²) in [5.74, 6) is -1.14. The van der Waals surface area contributed by atoms with E-state index in [9.17, 15) is 14.7 Å². The maximum atomic E-state index is 12.5. The second-order valence-electron chi connectivity index (χ2n) is 8.05. The lowest BCUT2D eigenvalue weighted by Gasteiger charge is -2.18. The molecular formula is C23H28N2O3S2. The Morgan fingerprint density at radius 3 is 2.33 bits per heavy atom. The van der Waals surface area contributed by atoms with Crippen LogP contribution in [0.4, 0.5) is 5.13 Å². The van der Waals surface area contributed by atoms with Gasteiger partial charge in [0.25, 0.3) is 5.91 Å². The lowest BCUT2D eigenvalue weighted by molar-refractivity contribution is -0.132. The van der Waals surface area contributed by atoms with Crippen LogP contribution in [0, 0.1) is 0 Å². The van der Waals surface area contributed by atoms with Crippen molar-refractivity contribution in [2.45, 2.75) is 57.6 Å². The van der Waals surface area contributed by atoms with Gasteiger partial charge in [-0.1, -0.05) is 68.5 Å². The van der Waals surface area contributed by atoms with E-state index in [1.165, 1.54) is 28.7 Å². The minimum atomic E-state index is -0.934. The summed E-state index contributed by atoms with van der Waals surface area (Å²) in [7, 11) is 0. The second-order valence-corrected chi connectivity index (χ2v) is 10.5. The zero-order valence-electron chi connectivity index (χ0n) is 18.2. The molecule has 7 heteroatoms. The number of hydrogen-bond acceptors (Lipinski definition) is 5. The molecule has 0 radical (unpaired) electrons. The van der Waals surface area contributed by atoms with Crippen LogP contribution in [0.2, 0.25) is 0 Å². The predicted octanol–water partition coefficient (Wildman–Crippen LogP) is 6.50. The number of thioether (sulfide) groups is 1. The number of carbonyl (C=O) groups excluding carboxylic acids is 1. The maximum absolute atomic E-state index is 12.5. The number of carboxylic acid groups (broad SMARTS) is 1. The molecule has 0 fully saturated rings. The smallest absolute Gasteiger partial charge is 0.335 e. The average molecular weight is 445 g/mol. The lowest BCUT2D eigenvalue weighted by atomic mass is 9.87. The first-order chi connectivity index (χ1) is 14.0. The van der Waals surface area contributed by atoms with Crippen molar-refractivity contribution in [1.29, 1.82) is 0 Å². The molecule has 1 aromatic carbocycles. The fraction of sp³-hybridized carbons (Fsp3) is 0.348. The van der Waals surface area contributed by atoms with E-state index in [4.69, 9.17) is 0 Å². The number of aliphatic carboxylic acids is 1. The highest BCUT2D eigenvalue weighted by Crippen LogP contribution is 2.35. The number of hydrogen-bond donors (Lipinski definition) is 2. The molecule has 1 heterocycles. The molecule has 160 valence electrons. The van der Waals surface area contributed by atoms with Crippen molar-refractivity contribution in [3.63, 3.8) is 0 Å². The van der Waals surface area contributed by atoms with Crippen molar-refractivity contribution < 1.29 is 14.7 Å². The number of aromatic nitrogens is 1. The van der Waals surface area contributed by atoms with Crippen LogP contribution in [0.5, 0.6) is 0 Å². The van der Waals surface area contributed by atoms with Crippen molar-refractivity contribution >= 4 is 40.1 Å². The summed E-state index contributed by atoms with van der Waals surface area (Å²) in [4.78, 5) is 29.1. The van der Waals surface area contributed by atoms with E-state index in [2.05, 4.69) is 31.1 Å². The third-order valence-electron chi connectivity index (χ3n) is 4.37. The van der Waals surface area contributed by atoms with E-state index in [1.807, 2.05) is 31.2 Å². The average Bonchev–Trinajstić information content (AvgIpc) is 3.10. The van der Waals surface area contributed by atoms with Gasteiger partial charge in [0, 0.05) is 5.56 Å². The summed E-state index contributed by atoms with van der Waals surface area (Å²) in [6.07, 6.45) is 4.10. The summed E-state index contributed by atoms with van der Waals surface area (Å²) in [5.41, 5.74) is 2.84. The zero-order chi connectivity index (χ0) is 22.5. The van der Waals surface area contributed by atoms with Gasteiger partial charge >= 0.3 is 5.97 Å². The number of benzene rings is 1. The number of carboxylic acids is 1. The Balaban J connectivity index is 2.10. The molecule has 2 aromatic rings. The molecule has 0 atom stereocenters. The third kappa shape index (κ3) is 6.57. The van der Waals surface area contributed by atoms with E-state index >= 15 is 0 Å². The number of anilines is 1. The molecule has 5 nitrogen and oxygen atoms in total. The first kappa shape index (κ1) is 23.9. The molecule has 2 rings (SSSR count). The minimum Gasteiger partial charge on any atom is -0.478 e. The Kier molecular flexibility index (Phi) is 8.03. The Morgan fingerprint density at radius 1 is 1.20 bits per heavy atom. The summed E-state index contributed by atoms with van der Waals surface area (Å²) in [6, 6.07) is 7.59. The topological polar surface area (TPSA) is 79.3 Å². The maximum Gasteiger partial charge on any atom is 0.335 e. The Morgan fingerprint density at radius 2 is 1.83 bits per heavy atom. The van der Waals surface area contributed by atoms with Crippen molar-refractivity contribution in [1.82, 2.24) is 4.98 Å². The molecule has 0 saturated carbocycles. The van der Waals surface area contributed by atoms with Gasteiger partial charge in [0.1, 0.15) is 0 Å². The van der Waals surface area contributed by atoms with E-state index in [0.717, 1.165) is 14.7 Å². The molecule has 1 aromatic heterocycles. The van der Waals surface area contributed by atoms with Crippen LogP contribution in [-0.4, -0.2) is 22.0 Å². The van der Waals surface area contributed by atoms with Gasteiger partial charge in [-0.3, -0.25) is 10.1 Å². The molecule has 30 heavy (non-hydrogen) atoms. The largest absolute Gasteiger partial charge is 0.478 e. The fourth-order valence-electron chi connectivity index (χ4n) is 2.57. The first-order valence-corrected chi connectivity index (χ1v) is 11.3. The Bertz CT molecular complexity index is 977. The lowest BCUT2D eigenvalue weighted by Crippen LogP contribution is -2.14. The number of thiazole rings is 1. The van der Waals surface area contributed by atoms with Gasteiger partial charge in [0.05, 0.1) is 16.0 Å². The summed E-state index contributed by atoms with van der Waals surface area (Å²) in [6.45, 7) is 11.9. The highest BCUT2D eigenvalue weighted by Gasteiger charge is 2.15. The van der Waals surface area contributed by atoms with Crippen molar-refractivity contribution in [2.75, 3.05) is 5.32 Å². The van der Waals surface area contributed by atoms with Crippen molar-refractivity contribution in [2.24, 2.45) is 0 Å². The number of nitrogens with one attached hydrogen (secondary N) is 1. The van der Waals surface area contributed by atoms with Crippen LogP contribution in [-0.2, 0) is 10.2 Å².